The lowest BCUT2D eigenvalue weighted by molar-refractivity contribution is 0.112. The number of ether oxygens (including phenoxy) is 1. The molecule has 0 aromatic heterocycles. The molecule has 0 aliphatic rings. The summed E-state index contributed by atoms with van der Waals surface area (Å²) in [5, 5.41) is 0.697. The van der Waals surface area contributed by atoms with Gasteiger partial charge in [-0.15, -0.1) is 0 Å². The van der Waals surface area contributed by atoms with Crippen molar-refractivity contribution in [2.75, 3.05) is 0 Å². The molecule has 0 aliphatic heterocycles. The average Bonchev–Trinajstić information content (AvgIpc) is 2.62. The van der Waals surface area contributed by atoms with E-state index in [1.54, 1.807) is 24.3 Å². The fraction of sp³-hybridized carbons (Fsp3) is 0.0500. The highest BCUT2D eigenvalue weighted by atomic mass is 35.5. The lowest BCUT2D eigenvalue weighted by Gasteiger charge is -2.11. The van der Waals surface area contributed by atoms with Crippen molar-refractivity contribution in [1.82, 2.24) is 0 Å². The van der Waals surface area contributed by atoms with Gasteiger partial charge in [-0.3, -0.25) is 4.79 Å². The fourth-order valence-corrected chi connectivity index (χ4v) is 2.63. The monoisotopic (exact) mass is 322 g/mol. The molecule has 114 valence electrons. The predicted octanol–water partition coefficient (Wildman–Crippen LogP) is 5.40. The van der Waals surface area contributed by atoms with Crippen LogP contribution >= 0.6 is 11.6 Å². The van der Waals surface area contributed by atoms with E-state index >= 15 is 0 Å². The Balaban J connectivity index is 1.79. The van der Waals surface area contributed by atoms with Crippen LogP contribution in [0, 0.1) is 0 Å². The van der Waals surface area contributed by atoms with Crippen LogP contribution < -0.4 is 4.74 Å². The van der Waals surface area contributed by atoms with E-state index in [4.69, 9.17) is 16.3 Å². The smallest absolute Gasteiger partial charge is 0.150 e. The van der Waals surface area contributed by atoms with Gasteiger partial charge < -0.3 is 4.74 Å². The Morgan fingerprint density at radius 2 is 1.61 bits per heavy atom. The molecule has 3 heteroatoms. The number of carbonyl (C=O) groups is 1. The van der Waals surface area contributed by atoms with Crippen LogP contribution in [-0.2, 0) is 6.61 Å². The van der Waals surface area contributed by atoms with E-state index in [-0.39, 0.29) is 0 Å². The zero-order valence-electron chi connectivity index (χ0n) is 12.4. The largest absolute Gasteiger partial charge is 0.489 e. The molecular weight excluding hydrogens is 308 g/mol. The second-order valence-electron chi connectivity index (χ2n) is 5.12. The van der Waals surface area contributed by atoms with Gasteiger partial charge in [0, 0.05) is 16.7 Å². The van der Waals surface area contributed by atoms with Gasteiger partial charge in [-0.05, 0) is 29.8 Å². The molecule has 0 atom stereocenters. The van der Waals surface area contributed by atoms with Gasteiger partial charge in [0.25, 0.3) is 0 Å². The van der Waals surface area contributed by atoms with E-state index < -0.39 is 0 Å². The molecule has 3 aromatic rings. The maximum absolute atomic E-state index is 10.7. The highest BCUT2D eigenvalue weighted by molar-refractivity contribution is 6.34. The summed E-state index contributed by atoms with van der Waals surface area (Å²) in [6.45, 7) is 0.375. The van der Waals surface area contributed by atoms with Crippen LogP contribution in [-0.4, -0.2) is 6.29 Å². The van der Waals surface area contributed by atoms with E-state index in [0.29, 0.717) is 22.9 Å². The summed E-state index contributed by atoms with van der Waals surface area (Å²) >= 11 is 6.53. The lowest BCUT2D eigenvalue weighted by atomic mass is 10.0. The van der Waals surface area contributed by atoms with E-state index in [1.807, 2.05) is 48.5 Å². The number of hydrogen-bond acceptors (Lipinski definition) is 2. The van der Waals surface area contributed by atoms with Crippen LogP contribution in [0.15, 0.2) is 72.8 Å². The molecule has 0 spiro atoms. The van der Waals surface area contributed by atoms with Crippen LogP contribution in [0.4, 0.5) is 0 Å². The molecule has 0 unspecified atom stereocenters. The molecule has 0 aliphatic carbocycles. The third-order valence-electron chi connectivity index (χ3n) is 3.57. The van der Waals surface area contributed by atoms with Crippen LogP contribution in [0.2, 0.25) is 5.02 Å². The number of halogens is 1. The van der Waals surface area contributed by atoms with Gasteiger partial charge >= 0.3 is 0 Å². The molecular formula is C20H15ClO2. The normalized spacial score (nSPS) is 10.3. The first-order valence-corrected chi connectivity index (χ1v) is 7.66. The van der Waals surface area contributed by atoms with E-state index in [0.717, 1.165) is 23.0 Å². The number of hydrogen-bond donors (Lipinski definition) is 0. The summed E-state index contributed by atoms with van der Waals surface area (Å²) in [6, 6.07) is 23.0. The first-order valence-electron chi connectivity index (χ1n) is 7.29. The van der Waals surface area contributed by atoms with Gasteiger partial charge in [0.05, 0.1) is 5.02 Å². The number of carbonyl (C=O) groups excluding carboxylic acids is 1. The van der Waals surface area contributed by atoms with Crippen molar-refractivity contribution in [1.29, 1.82) is 0 Å². The molecule has 3 aromatic carbocycles. The van der Waals surface area contributed by atoms with Crippen molar-refractivity contribution >= 4 is 17.9 Å². The number of rotatable bonds is 5. The molecule has 0 fully saturated rings. The van der Waals surface area contributed by atoms with Crippen LogP contribution in [0.3, 0.4) is 0 Å². The van der Waals surface area contributed by atoms with Gasteiger partial charge in [-0.25, -0.2) is 0 Å². The topological polar surface area (TPSA) is 26.3 Å². The van der Waals surface area contributed by atoms with Crippen molar-refractivity contribution in [3.05, 3.63) is 88.9 Å². The van der Waals surface area contributed by atoms with Crippen molar-refractivity contribution in [3.63, 3.8) is 0 Å². The van der Waals surface area contributed by atoms with Crippen molar-refractivity contribution in [2.24, 2.45) is 0 Å². The highest BCUT2D eigenvalue weighted by Gasteiger charge is 2.08. The molecule has 0 saturated heterocycles. The summed E-state index contributed by atoms with van der Waals surface area (Å²) in [5.41, 5.74) is 3.62. The molecule has 2 nitrogen and oxygen atoms in total. The van der Waals surface area contributed by atoms with Gasteiger partial charge in [-0.2, -0.15) is 0 Å². The van der Waals surface area contributed by atoms with Gasteiger partial charge in [0.1, 0.15) is 18.6 Å². The standard InChI is InChI=1S/C20H15ClO2/c21-20-17(14-23-18-11-9-15(13-22)10-12-18)7-4-8-19(20)16-5-2-1-3-6-16/h1-13H,14H2. The molecule has 0 amide bonds. The summed E-state index contributed by atoms with van der Waals surface area (Å²) in [5.74, 6) is 0.705. The predicted molar refractivity (Wildman–Crippen MR) is 93.0 cm³/mol. The number of aldehydes is 1. The quantitative estimate of drug-likeness (QED) is 0.588. The van der Waals surface area contributed by atoms with Gasteiger partial charge in [0.15, 0.2) is 0 Å². The minimum atomic E-state index is 0.375. The average molecular weight is 323 g/mol. The SMILES string of the molecule is O=Cc1ccc(OCc2cccc(-c3ccccc3)c2Cl)cc1. The minimum absolute atomic E-state index is 0.375. The zero-order valence-corrected chi connectivity index (χ0v) is 13.2. The minimum Gasteiger partial charge on any atom is -0.489 e. The van der Waals surface area contributed by atoms with Gasteiger partial charge in [-0.1, -0.05) is 60.1 Å². The maximum Gasteiger partial charge on any atom is 0.150 e. The van der Waals surface area contributed by atoms with Crippen molar-refractivity contribution in [3.8, 4) is 16.9 Å². The summed E-state index contributed by atoms with van der Waals surface area (Å²) in [7, 11) is 0. The summed E-state index contributed by atoms with van der Waals surface area (Å²) < 4.78 is 5.76. The molecule has 0 N–H and O–H groups in total. The number of benzene rings is 3. The van der Waals surface area contributed by atoms with E-state index in [9.17, 15) is 4.79 Å². The van der Waals surface area contributed by atoms with Crippen LogP contribution in [0.5, 0.6) is 5.75 Å². The highest BCUT2D eigenvalue weighted by Crippen LogP contribution is 2.31. The molecule has 3 rings (SSSR count). The van der Waals surface area contributed by atoms with E-state index in [2.05, 4.69) is 0 Å². The van der Waals surface area contributed by atoms with Gasteiger partial charge in [0.2, 0.25) is 0 Å². The molecule has 0 radical (unpaired) electrons. The fourth-order valence-electron chi connectivity index (χ4n) is 2.34. The van der Waals surface area contributed by atoms with Crippen LogP contribution in [0.1, 0.15) is 15.9 Å². The second-order valence-corrected chi connectivity index (χ2v) is 5.50. The Kier molecular flexibility index (Phi) is 4.74. The first-order chi connectivity index (χ1) is 11.3. The summed E-state index contributed by atoms with van der Waals surface area (Å²) in [6.07, 6.45) is 0.810. The Morgan fingerprint density at radius 1 is 0.870 bits per heavy atom. The Labute approximate surface area is 140 Å². The van der Waals surface area contributed by atoms with Crippen molar-refractivity contribution < 1.29 is 9.53 Å². The Bertz CT molecular complexity index is 796. The second kappa shape index (κ2) is 7.12. The van der Waals surface area contributed by atoms with Crippen molar-refractivity contribution in [2.45, 2.75) is 6.61 Å². The first kappa shape index (κ1) is 15.3. The molecule has 0 bridgehead atoms. The summed E-state index contributed by atoms with van der Waals surface area (Å²) in [4.78, 5) is 10.7. The van der Waals surface area contributed by atoms with E-state index in [1.165, 1.54) is 0 Å². The lowest BCUT2D eigenvalue weighted by Crippen LogP contribution is -1.97. The third-order valence-corrected chi connectivity index (χ3v) is 4.02. The zero-order chi connectivity index (χ0) is 16.1. The molecule has 0 heterocycles. The van der Waals surface area contributed by atoms with Crippen LogP contribution in [0.25, 0.3) is 11.1 Å². The molecule has 23 heavy (non-hydrogen) atoms. The Hall–Kier alpha value is -2.58. The molecule has 0 saturated carbocycles. The Morgan fingerprint density at radius 3 is 2.30 bits per heavy atom. The maximum atomic E-state index is 10.7. The third kappa shape index (κ3) is 3.61.